The summed E-state index contributed by atoms with van der Waals surface area (Å²) in [4.78, 5) is 17.5. The number of likely N-dealkylation sites (tertiary alicyclic amines) is 1. The SMILES string of the molecule is CC(=O)N1CCC(Nc2ccc(Br)nc2C)CC1. The molecular weight excluding hydrogens is 294 g/mol. The molecule has 1 saturated heterocycles. The highest BCUT2D eigenvalue weighted by atomic mass is 79.9. The van der Waals surface area contributed by atoms with Crippen molar-refractivity contribution in [2.45, 2.75) is 32.7 Å². The number of anilines is 1. The number of aromatic nitrogens is 1. The van der Waals surface area contributed by atoms with Crippen LogP contribution in [0.4, 0.5) is 5.69 Å². The number of nitrogens with one attached hydrogen (secondary N) is 1. The van der Waals surface area contributed by atoms with Crippen molar-refractivity contribution in [3.8, 4) is 0 Å². The lowest BCUT2D eigenvalue weighted by Gasteiger charge is -2.32. The molecule has 0 bridgehead atoms. The number of hydrogen-bond acceptors (Lipinski definition) is 3. The molecular formula is C13H18BrN3O. The molecule has 98 valence electrons. The van der Waals surface area contributed by atoms with E-state index in [1.54, 1.807) is 6.92 Å². The molecule has 1 fully saturated rings. The Bertz CT molecular complexity index is 442. The lowest BCUT2D eigenvalue weighted by atomic mass is 10.0. The van der Waals surface area contributed by atoms with E-state index in [4.69, 9.17) is 0 Å². The van der Waals surface area contributed by atoms with Gasteiger partial charge in [-0.1, -0.05) is 0 Å². The highest BCUT2D eigenvalue weighted by Crippen LogP contribution is 2.20. The van der Waals surface area contributed by atoms with Crippen molar-refractivity contribution in [2.75, 3.05) is 18.4 Å². The summed E-state index contributed by atoms with van der Waals surface area (Å²) in [7, 11) is 0. The summed E-state index contributed by atoms with van der Waals surface area (Å²) in [5.74, 6) is 0.176. The normalized spacial score (nSPS) is 16.7. The van der Waals surface area contributed by atoms with Crippen molar-refractivity contribution in [1.29, 1.82) is 0 Å². The van der Waals surface area contributed by atoms with Crippen molar-refractivity contribution in [3.63, 3.8) is 0 Å². The Hall–Kier alpha value is -1.10. The average Bonchev–Trinajstić information content (AvgIpc) is 2.33. The van der Waals surface area contributed by atoms with Gasteiger partial charge in [-0.3, -0.25) is 4.79 Å². The van der Waals surface area contributed by atoms with Crippen LogP contribution in [0.3, 0.4) is 0 Å². The minimum atomic E-state index is 0.176. The van der Waals surface area contributed by atoms with Crippen LogP contribution in [-0.4, -0.2) is 34.9 Å². The van der Waals surface area contributed by atoms with Gasteiger partial charge in [-0.15, -0.1) is 0 Å². The van der Waals surface area contributed by atoms with Crippen molar-refractivity contribution < 1.29 is 4.79 Å². The topological polar surface area (TPSA) is 45.2 Å². The van der Waals surface area contributed by atoms with Crippen molar-refractivity contribution in [3.05, 3.63) is 22.4 Å². The first-order valence-electron chi connectivity index (χ1n) is 6.21. The summed E-state index contributed by atoms with van der Waals surface area (Å²) < 4.78 is 0.858. The lowest BCUT2D eigenvalue weighted by Crippen LogP contribution is -2.41. The van der Waals surface area contributed by atoms with E-state index in [1.807, 2.05) is 24.0 Å². The number of carbonyl (C=O) groups excluding carboxylic acids is 1. The van der Waals surface area contributed by atoms with Crippen molar-refractivity contribution in [2.24, 2.45) is 0 Å². The minimum absolute atomic E-state index is 0.176. The van der Waals surface area contributed by atoms with Crippen molar-refractivity contribution in [1.82, 2.24) is 9.88 Å². The summed E-state index contributed by atoms with van der Waals surface area (Å²) in [5, 5.41) is 3.51. The number of hydrogen-bond donors (Lipinski definition) is 1. The second-order valence-corrected chi connectivity index (χ2v) is 5.50. The molecule has 2 heterocycles. The first kappa shape index (κ1) is 13.3. The molecule has 1 aromatic rings. The van der Waals surface area contributed by atoms with Crippen LogP contribution in [0.2, 0.25) is 0 Å². The van der Waals surface area contributed by atoms with Crippen LogP contribution in [0.1, 0.15) is 25.5 Å². The predicted octanol–water partition coefficient (Wildman–Crippen LogP) is 2.58. The average molecular weight is 312 g/mol. The third-order valence-electron chi connectivity index (χ3n) is 3.35. The number of carbonyl (C=O) groups is 1. The number of amides is 1. The van der Waals surface area contributed by atoms with Crippen LogP contribution >= 0.6 is 15.9 Å². The Morgan fingerprint density at radius 1 is 1.44 bits per heavy atom. The lowest BCUT2D eigenvalue weighted by molar-refractivity contribution is -0.129. The van der Waals surface area contributed by atoms with Crippen LogP contribution in [0.5, 0.6) is 0 Å². The second-order valence-electron chi connectivity index (χ2n) is 4.69. The molecule has 4 nitrogen and oxygen atoms in total. The van der Waals surface area contributed by atoms with Gasteiger partial charge < -0.3 is 10.2 Å². The molecule has 0 aromatic carbocycles. The van der Waals surface area contributed by atoms with E-state index in [-0.39, 0.29) is 5.91 Å². The maximum absolute atomic E-state index is 11.2. The molecule has 1 aromatic heterocycles. The summed E-state index contributed by atoms with van der Waals surface area (Å²) in [6.07, 6.45) is 1.99. The Labute approximate surface area is 116 Å². The summed E-state index contributed by atoms with van der Waals surface area (Å²) in [5.41, 5.74) is 2.08. The molecule has 1 amide bonds. The molecule has 1 aliphatic rings. The van der Waals surface area contributed by atoms with Gasteiger partial charge in [0, 0.05) is 26.1 Å². The third-order valence-corrected chi connectivity index (χ3v) is 3.79. The highest BCUT2D eigenvalue weighted by Gasteiger charge is 2.20. The van der Waals surface area contributed by atoms with Crippen LogP contribution in [-0.2, 0) is 4.79 Å². The highest BCUT2D eigenvalue weighted by molar-refractivity contribution is 9.10. The maximum atomic E-state index is 11.2. The molecule has 2 rings (SSSR count). The Balaban J connectivity index is 1.93. The Morgan fingerprint density at radius 3 is 2.67 bits per heavy atom. The van der Waals surface area contributed by atoms with E-state index in [1.165, 1.54) is 0 Å². The van der Waals surface area contributed by atoms with Gasteiger partial charge in [0.15, 0.2) is 0 Å². The molecule has 0 radical (unpaired) electrons. The van der Waals surface area contributed by atoms with E-state index in [0.717, 1.165) is 41.9 Å². The number of nitrogens with zero attached hydrogens (tertiary/aromatic N) is 2. The first-order chi connectivity index (χ1) is 8.56. The molecule has 1 N–H and O–H groups in total. The monoisotopic (exact) mass is 311 g/mol. The van der Waals surface area contributed by atoms with Gasteiger partial charge in [0.05, 0.1) is 11.4 Å². The van der Waals surface area contributed by atoms with E-state index >= 15 is 0 Å². The summed E-state index contributed by atoms with van der Waals surface area (Å²) in [6.45, 7) is 5.32. The molecule has 0 saturated carbocycles. The van der Waals surface area contributed by atoms with Crippen LogP contribution in [0.15, 0.2) is 16.7 Å². The van der Waals surface area contributed by atoms with E-state index in [2.05, 4.69) is 26.2 Å². The van der Waals surface area contributed by atoms with Crippen molar-refractivity contribution >= 4 is 27.5 Å². The largest absolute Gasteiger partial charge is 0.381 e. The maximum Gasteiger partial charge on any atom is 0.219 e. The molecule has 0 aliphatic carbocycles. The third kappa shape index (κ3) is 3.22. The van der Waals surface area contributed by atoms with Gasteiger partial charge in [-0.05, 0) is 47.8 Å². The molecule has 0 unspecified atom stereocenters. The van der Waals surface area contributed by atoms with E-state index in [9.17, 15) is 4.79 Å². The zero-order valence-corrected chi connectivity index (χ0v) is 12.3. The minimum Gasteiger partial charge on any atom is -0.381 e. The fourth-order valence-electron chi connectivity index (χ4n) is 2.24. The van der Waals surface area contributed by atoms with Crippen LogP contribution < -0.4 is 5.32 Å². The number of pyridine rings is 1. The van der Waals surface area contributed by atoms with Gasteiger partial charge in [0.25, 0.3) is 0 Å². The van der Waals surface area contributed by atoms with Gasteiger partial charge in [-0.25, -0.2) is 4.98 Å². The number of halogens is 1. The molecule has 5 heteroatoms. The zero-order valence-electron chi connectivity index (χ0n) is 10.7. The van der Waals surface area contributed by atoms with E-state index in [0.29, 0.717) is 6.04 Å². The smallest absolute Gasteiger partial charge is 0.219 e. The number of piperidine rings is 1. The Morgan fingerprint density at radius 2 is 2.11 bits per heavy atom. The molecule has 0 atom stereocenters. The second kappa shape index (κ2) is 5.69. The zero-order chi connectivity index (χ0) is 13.1. The van der Waals surface area contributed by atoms with E-state index < -0.39 is 0 Å². The quantitative estimate of drug-likeness (QED) is 0.854. The van der Waals surface area contributed by atoms with Gasteiger partial charge in [0.2, 0.25) is 5.91 Å². The summed E-state index contributed by atoms with van der Waals surface area (Å²) >= 11 is 3.36. The first-order valence-corrected chi connectivity index (χ1v) is 7.01. The molecule has 18 heavy (non-hydrogen) atoms. The number of rotatable bonds is 2. The van der Waals surface area contributed by atoms with Crippen LogP contribution in [0, 0.1) is 6.92 Å². The molecule has 0 spiro atoms. The molecule has 1 aliphatic heterocycles. The van der Waals surface area contributed by atoms with Crippen LogP contribution in [0.25, 0.3) is 0 Å². The predicted molar refractivity (Wildman–Crippen MR) is 75.6 cm³/mol. The Kier molecular flexibility index (Phi) is 4.22. The fourth-order valence-corrected chi connectivity index (χ4v) is 2.64. The summed E-state index contributed by atoms with van der Waals surface area (Å²) in [6, 6.07) is 4.42. The van der Waals surface area contributed by atoms with Gasteiger partial charge in [0.1, 0.15) is 4.60 Å². The van der Waals surface area contributed by atoms with Gasteiger partial charge in [-0.2, -0.15) is 0 Å². The fraction of sp³-hybridized carbons (Fsp3) is 0.538. The standard InChI is InChI=1S/C13H18BrN3O/c1-9-12(3-4-13(14)15-9)16-11-5-7-17(8-6-11)10(2)18/h3-4,11,16H,5-8H2,1-2H3. The number of aryl methyl sites for hydroxylation is 1. The van der Waals surface area contributed by atoms with Gasteiger partial charge >= 0.3 is 0 Å².